The Balaban J connectivity index is 0.660. The van der Waals surface area contributed by atoms with Gasteiger partial charge >= 0.3 is 0 Å². The molecule has 0 aliphatic carbocycles. The molecule has 2 aliphatic rings. The number of β-amino-alcohol motifs (C(OH)–C–C–N with tert-alkyl or cyclic N) is 1. The smallest absolute Gasteiger partial charge is 0.246 e. The Morgan fingerprint density at radius 3 is 2.05 bits per heavy atom. The molecule has 3 unspecified atom stereocenters. The summed E-state index contributed by atoms with van der Waals surface area (Å²) in [5.41, 5.74) is 6.21. The van der Waals surface area contributed by atoms with Crippen LogP contribution in [0.15, 0.2) is 60.2 Å². The number of aliphatic hydroxyl groups is 1. The standard InChI is InChI=1S/C64H87Cl2N9O9S/c1-44-60(85-43-70-44)46-21-19-45(20-22-46)40-69-62(78)54-34-48(76)42-75(54)63(79)61(64(2,3)4)72-58(77)18-11-9-14-30-83-32-16-10-15-31-82-29-13-8-7-12-23-73-25-27-74(28-26-73)24-17-33-84-57-37-52-49(35-56(57)81-6)59(47(39-67)41-68-52)71-53-38-55(80-5)51(66)36-50(53)65/h19-22,35-38,41,43,48,54,61,76H,7-18,23-34,40,42H2,1-6H3,(H,68,71)(H,69,78)(H,72,77). The lowest BCUT2D eigenvalue weighted by Gasteiger charge is -2.35. The zero-order chi connectivity index (χ0) is 60.7. The topological polar surface area (TPSA) is 213 Å². The third kappa shape index (κ3) is 20.1. The maximum atomic E-state index is 14.0. The van der Waals surface area contributed by atoms with Crippen molar-refractivity contribution in [3.63, 3.8) is 0 Å². The molecule has 2 aliphatic heterocycles. The third-order valence-electron chi connectivity index (χ3n) is 15.6. The Morgan fingerprint density at radius 2 is 1.42 bits per heavy atom. The molecule has 2 saturated heterocycles. The molecule has 0 saturated carbocycles. The molecule has 4 heterocycles. The van der Waals surface area contributed by atoms with Gasteiger partial charge in [-0.1, -0.05) is 87.5 Å². The van der Waals surface area contributed by atoms with Crippen molar-refractivity contribution in [3.8, 4) is 33.8 Å². The minimum absolute atomic E-state index is 0.0335. The van der Waals surface area contributed by atoms with Crippen LogP contribution in [0.1, 0.15) is 121 Å². The van der Waals surface area contributed by atoms with E-state index in [9.17, 15) is 24.8 Å². The molecule has 21 heteroatoms. The number of methoxy groups -OCH3 is 2. The Bertz CT molecular complexity index is 2980. The van der Waals surface area contributed by atoms with Crippen molar-refractivity contribution in [3.05, 3.63) is 87.1 Å². The monoisotopic (exact) mass is 1230 g/mol. The van der Waals surface area contributed by atoms with Gasteiger partial charge in [0.15, 0.2) is 11.5 Å². The Labute approximate surface area is 516 Å². The Hall–Kier alpha value is -5.82. The SMILES string of the molecule is COc1cc(Nc2c(C#N)cnc3cc(OCCCN4CCN(CCCCCCOCCCCCOCCCCCC(=O)NC(C(=O)N5CC(O)CC5C(=O)NCc5ccc(-c6scnc6C)cc5)C(C)(C)C)CC4)c(OC)cc23)c(Cl)cc1Cl. The fraction of sp³-hybridized carbons (Fsp3) is 0.562. The summed E-state index contributed by atoms with van der Waals surface area (Å²) in [7, 11) is 3.12. The van der Waals surface area contributed by atoms with E-state index in [4.69, 9.17) is 46.9 Å². The maximum Gasteiger partial charge on any atom is 0.246 e. The van der Waals surface area contributed by atoms with Crippen molar-refractivity contribution in [2.45, 2.75) is 136 Å². The first-order valence-corrected chi connectivity index (χ1v) is 31.7. The molecular formula is C64H87Cl2N9O9S. The predicted octanol–water partition coefficient (Wildman–Crippen LogP) is 11.1. The van der Waals surface area contributed by atoms with Crippen LogP contribution >= 0.6 is 34.5 Å². The quantitative estimate of drug-likeness (QED) is 0.0282. The number of unbranched alkanes of at least 4 members (excludes halogenated alkanes) is 7. The van der Waals surface area contributed by atoms with E-state index in [1.54, 1.807) is 30.6 Å². The zero-order valence-electron chi connectivity index (χ0n) is 50.5. The number of likely N-dealkylation sites (tertiary alicyclic amines) is 1. The van der Waals surface area contributed by atoms with Crippen LogP contribution in [0.25, 0.3) is 21.3 Å². The highest BCUT2D eigenvalue weighted by Gasteiger charge is 2.44. The molecule has 5 aromatic rings. The van der Waals surface area contributed by atoms with Gasteiger partial charge in [-0.25, -0.2) is 4.98 Å². The van der Waals surface area contributed by atoms with Crippen LogP contribution in [0.2, 0.25) is 10.0 Å². The lowest BCUT2D eigenvalue weighted by Crippen LogP contribution is -2.57. The number of piperazine rings is 1. The van der Waals surface area contributed by atoms with Crippen LogP contribution in [-0.4, -0.2) is 159 Å². The number of hydrogen-bond donors (Lipinski definition) is 4. The van der Waals surface area contributed by atoms with Gasteiger partial charge in [0.1, 0.15) is 23.9 Å². The van der Waals surface area contributed by atoms with Crippen molar-refractivity contribution < 1.29 is 43.2 Å². The van der Waals surface area contributed by atoms with E-state index in [1.165, 1.54) is 37.5 Å². The maximum absolute atomic E-state index is 14.0. The number of ether oxygens (including phenoxy) is 5. The number of carbonyl (C=O) groups excluding carboxylic acids is 3. The summed E-state index contributed by atoms with van der Waals surface area (Å²) in [6.07, 6.45) is 12.1. The average molecular weight is 1230 g/mol. The molecule has 3 amide bonds. The fourth-order valence-electron chi connectivity index (χ4n) is 10.7. The number of hydrogen-bond acceptors (Lipinski definition) is 16. The lowest BCUT2D eigenvalue weighted by molar-refractivity contribution is -0.144. The van der Waals surface area contributed by atoms with Gasteiger partial charge in [0.25, 0.3) is 0 Å². The molecule has 18 nitrogen and oxygen atoms in total. The van der Waals surface area contributed by atoms with Gasteiger partial charge < -0.3 is 59.4 Å². The largest absolute Gasteiger partial charge is 0.495 e. The number of carbonyl (C=O) groups is 3. The summed E-state index contributed by atoms with van der Waals surface area (Å²) >= 11 is 14.4. The summed E-state index contributed by atoms with van der Waals surface area (Å²) < 4.78 is 29.2. The van der Waals surface area contributed by atoms with E-state index >= 15 is 0 Å². The fourth-order valence-corrected chi connectivity index (χ4v) is 12.0. The number of thiazole rings is 1. The van der Waals surface area contributed by atoms with E-state index in [0.717, 1.165) is 119 Å². The molecule has 85 heavy (non-hydrogen) atoms. The summed E-state index contributed by atoms with van der Waals surface area (Å²) in [6.45, 7) is 17.8. The molecule has 462 valence electrons. The molecule has 3 atom stereocenters. The average Bonchev–Trinajstić information content (AvgIpc) is 4.23. The van der Waals surface area contributed by atoms with E-state index in [2.05, 4.69) is 41.8 Å². The van der Waals surface area contributed by atoms with Crippen molar-refractivity contribution >= 4 is 74.5 Å². The number of fused-ring (bicyclic) bond motifs is 1. The van der Waals surface area contributed by atoms with Crippen LogP contribution in [0.4, 0.5) is 11.4 Å². The normalized spacial score (nSPS) is 16.1. The highest BCUT2D eigenvalue weighted by atomic mass is 35.5. The minimum atomic E-state index is -0.852. The molecule has 0 spiro atoms. The van der Waals surface area contributed by atoms with Crippen molar-refractivity contribution in [1.82, 2.24) is 35.3 Å². The van der Waals surface area contributed by atoms with Gasteiger partial charge in [-0.3, -0.25) is 19.4 Å². The molecule has 2 fully saturated rings. The molecular weight excluding hydrogens is 1140 g/mol. The number of rotatable bonds is 34. The predicted molar refractivity (Wildman–Crippen MR) is 336 cm³/mol. The summed E-state index contributed by atoms with van der Waals surface area (Å²) in [6, 6.07) is 15.4. The van der Waals surface area contributed by atoms with E-state index in [0.29, 0.717) is 81.4 Å². The van der Waals surface area contributed by atoms with Gasteiger partial charge in [0, 0.05) is 109 Å². The van der Waals surface area contributed by atoms with Crippen molar-refractivity contribution in [1.29, 1.82) is 5.26 Å². The second kappa shape index (κ2) is 33.9. The van der Waals surface area contributed by atoms with Gasteiger partial charge in [-0.15, -0.1) is 11.3 Å². The number of aromatic nitrogens is 2. The van der Waals surface area contributed by atoms with Crippen LogP contribution in [0.3, 0.4) is 0 Å². The number of aliphatic hydroxyl groups excluding tert-OH is 1. The van der Waals surface area contributed by atoms with Crippen LogP contribution in [-0.2, 0) is 30.4 Å². The van der Waals surface area contributed by atoms with Gasteiger partial charge in [0.2, 0.25) is 17.7 Å². The third-order valence-corrected chi connectivity index (χ3v) is 17.2. The number of halogens is 2. The number of nitrogens with zero attached hydrogens (tertiary/aromatic N) is 6. The van der Waals surface area contributed by atoms with Gasteiger partial charge in [-0.05, 0) is 93.5 Å². The van der Waals surface area contributed by atoms with Crippen LogP contribution in [0, 0.1) is 23.7 Å². The molecule has 0 radical (unpaired) electrons. The van der Waals surface area contributed by atoms with Gasteiger partial charge in [-0.2, -0.15) is 5.26 Å². The second-order valence-electron chi connectivity index (χ2n) is 23.1. The lowest BCUT2D eigenvalue weighted by atomic mass is 9.85. The first-order chi connectivity index (χ1) is 41.1. The number of anilines is 2. The summed E-state index contributed by atoms with van der Waals surface area (Å²) in [5, 5.41) is 31.2. The molecule has 0 bridgehead atoms. The summed E-state index contributed by atoms with van der Waals surface area (Å²) in [5.74, 6) is 0.677. The summed E-state index contributed by atoms with van der Waals surface area (Å²) in [4.78, 5) is 57.1. The minimum Gasteiger partial charge on any atom is -0.495 e. The van der Waals surface area contributed by atoms with E-state index in [1.807, 2.05) is 69.6 Å². The van der Waals surface area contributed by atoms with Crippen molar-refractivity contribution in [2.75, 3.05) is 98.4 Å². The van der Waals surface area contributed by atoms with E-state index < -0.39 is 23.6 Å². The Kier molecular flexibility index (Phi) is 26.6. The number of aryl methyl sites for hydroxylation is 1. The molecule has 3 aromatic carbocycles. The second-order valence-corrected chi connectivity index (χ2v) is 24.8. The highest BCUT2D eigenvalue weighted by molar-refractivity contribution is 7.13. The number of benzene rings is 3. The first kappa shape index (κ1) is 66.7. The van der Waals surface area contributed by atoms with Crippen LogP contribution in [0.5, 0.6) is 17.2 Å². The number of nitrogens with one attached hydrogen (secondary N) is 3. The zero-order valence-corrected chi connectivity index (χ0v) is 52.8. The molecule has 4 N–H and O–H groups in total. The number of pyridine rings is 1. The van der Waals surface area contributed by atoms with E-state index in [-0.39, 0.29) is 43.7 Å². The molecule has 7 rings (SSSR count). The first-order valence-electron chi connectivity index (χ1n) is 30.1. The van der Waals surface area contributed by atoms with Gasteiger partial charge in [0.05, 0.1) is 75.5 Å². The Morgan fingerprint density at radius 1 is 0.788 bits per heavy atom. The molecule has 2 aromatic heterocycles. The number of amides is 3. The highest BCUT2D eigenvalue weighted by Crippen LogP contribution is 2.41. The number of nitriles is 1. The van der Waals surface area contributed by atoms with Crippen LogP contribution < -0.4 is 30.2 Å². The van der Waals surface area contributed by atoms with Crippen molar-refractivity contribution in [2.24, 2.45) is 5.41 Å².